The predicted octanol–water partition coefficient (Wildman–Crippen LogP) is 3.83. The maximum absolute atomic E-state index is 5.90. The van der Waals surface area contributed by atoms with Crippen molar-refractivity contribution in [1.29, 1.82) is 0 Å². The van der Waals surface area contributed by atoms with Crippen molar-refractivity contribution >= 4 is 0 Å². The molecule has 3 heteroatoms. The number of nitrogens with one attached hydrogen (secondary N) is 1. The third-order valence-electron chi connectivity index (χ3n) is 4.53. The standard InChI is InChI=1S/C20H34N2O/c1-4-15-23-20-9-8-18(16-19(20)17(2)3)7-5-12-22-13-6-10-21-11-14-22/h8-9,16-17,21H,4-7,10-15H2,1-3H3. The van der Waals surface area contributed by atoms with E-state index in [1.54, 1.807) is 0 Å². The van der Waals surface area contributed by atoms with Gasteiger partial charge < -0.3 is 15.0 Å². The lowest BCUT2D eigenvalue weighted by atomic mass is 9.97. The molecule has 1 aliphatic rings. The lowest BCUT2D eigenvalue weighted by Gasteiger charge is -2.19. The molecule has 1 fully saturated rings. The first-order valence-corrected chi connectivity index (χ1v) is 9.39. The first-order valence-electron chi connectivity index (χ1n) is 9.39. The number of ether oxygens (including phenoxy) is 1. The molecule has 2 rings (SSSR count). The molecule has 0 spiro atoms. The van der Waals surface area contributed by atoms with Crippen LogP contribution >= 0.6 is 0 Å². The van der Waals surface area contributed by atoms with E-state index in [9.17, 15) is 0 Å². The molecule has 0 atom stereocenters. The Hall–Kier alpha value is -1.06. The van der Waals surface area contributed by atoms with Crippen molar-refractivity contribution < 1.29 is 4.74 Å². The van der Waals surface area contributed by atoms with Crippen LogP contribution in [0.3, 0.4) is 0 Å². The molecule has 1 aromatic rings. The van der Waals surface area contributed by atoms with Gasteiger partial charge in [0, 0.05) is 13.1 Å². The van der Waals surface area contributed by atoms with Crippen LogP contribution < -0.4 is 10.1 Å². The third kappa shape index (κ3) is 6.15. The highest BCUT2D eigenvalue weighted by atomic mass is 16.5. The van der Waals surface area contributed by atoms with Gasteiger partial charge in [0.05, 0.1) is 6.61 Å². The fourth-order valence-corrected chi connectivity index (χ4v) is 3.18. The van der Waals surface area contributed by atoms with Crippen molar-refractivity contribution in [3.05, 3.63) is 29.3 Å². The molecule has 1 aliphatic heterocycles. The van der Waals surface area contributed by atoms with Crippen LogP contribution in [-0.4, -0.2) is 44.2 Å². The van der Waals surface area contributed by atoms with Crippen LogP contribution in [0.1, 0.15) is 57.1 Å². The largest absolute Gasteiger partial charge is 0.493 e. The molecular formula is C20H34N2O. The van der Waals surface area contributed by atoms with Gasteiger partial charge >= 0.3 is 0 Å². The maximum atomic E-state index is 5.90. The Morgan fingerprint density at radius 1 is 1.22 bits per heavy atom. The van der Waals surface area contributed by atoms with Crippen LogP contribution in [0.5, 0.6) is 5.75 Å². The van der Waals surface area contributed by atoms with Crippen molar-refractivity contribution in [3.8, 4) is 5.75 Å². The molecule has 0 saturated carbocycles. The molecule has 3 nitrogen and oxygen atoms in total. The van der Waals surface area contributed by atoms with Crippen molar-refractivity contribution in [2.75, 3.05) is 39.3 Å². The Morgan fingerprint density at radius 3 is 2.87 bits per heavy atom. The smallest absolute Gasteiger partial charge is 0.122 e. The minimum atomic E-state index is 0.512. The van der Waals surface area contributed by atoms with Gasteiger partial charge in [-0.15, -0.1) is 0 Å². The number of hydrogen-bond donors (Lipinski definition) is 1. The van der Waals surface area contributed by atoms with Gasteiger partial charge in [-0.2, -0.15) is 0 Å². The number of nitrogens with zero attached hydrogens (tertiary/aromatic N) is 1. The summed E-state index contributed by atoms with van der Waals surface area (Å²) in [6.07, 6.45) is 4.75. The zero-order valence-electron chi connectivity index (χ0n) is 15.2. The van der Waals surface area contributed by atoms with Crippen molar-refractivity contribution in [2.24, 2.45) is 0 Å². The molecule has 0 aliphatic carbocycles. The fraction of sp³-hybridized carbons (Fsp3) is 0.700. The zero-order valence-corrected chi connectivity index (χ0v) is 15.2. The van der Waals surface area contributed by atoms with Gasteiger partial charge in [0.25, 0.3) is 0 Å². The van der Waals surface area contributed by atoms with E-state index in [2.05, 4.69) is 49.2 Å². The first-order chi connectivity index (χ1) is 11.2. The molecule has 0 amide bonds. The van der Waals surface area contributed by atoms with E-state index >= 15 is 0 Å². The van der Waals surface area contributed by atoms with Crippen LogP contribution in [0.15, 0.2) is 18.2 Å². The fourth-order valence-electron chi connectivity index (χ4n) is 3.18. The lowest BCUT2D eigenvalue weighted by Crippen LogP contribution is -2.29. The minimum absolute atomic E-state index is 0.512. The summed E-state index contributed by atoms with van der Waals surface area (Å²) < 4.78 is 5.90. The van der Waals surface area contributed by atoms with Gasteiger partial charge in [0.1, 0.15) is 5.75 Å². The Balaban J connectivity index is 1.87. The summed E-state index contributed by atoms with van der Waals surface area (Å²) in [4.78, 5) is 2.60. The van der Waals surface area contributed by atoms with E-state index in [1.165, 1.54) is 50.1 Å². The van der Waals surface area contributed by atoms with Gasteiger partial charge in [0.2, 0.25) is 0 Å². The second kappa shape index (κ2) is 9.94. The topological polar surface area (TPSA) is 24.5 Å². The molecular weight excluding hydrogens is 284 g/mol. The highest BCUT2D eigenvalue weighted by molar-refractivity contribution is 5.39. The van der Waals surface area contributed by atoms with E-state index in [0.717, 1.165) is 31.7 Å². The van der Waals surface area contributed by atoms with E-state index in [1.807, 2.05) is 0 Å². The van der Waals surface area contributed by atoms with Crippen molar-refractivity contribution in [3.63, 3.8) is 0 Å². The van der Waals surface area contributed by atoms with Crippen LogP contribution in [-0.2, 0) is 6.42 Å². The Kier molecular flexibility index (Phi) is 7.90. The quantitative estimate of drug-likeness (QED) is 0.788. The second-order valence-electron chi connectivity index (χ2n) is 6.92. The first kappa shape index (κ1) is 18.3. The van der Waals surface area contributed by atoms with Gasteiger partial charge in [0.15, 0.2) is 0 Å². The highest BCUT2D eigenvalue weighted by Gasteiger charge is 2.11. The van der Waals surface area contributed by atoms with Crippen LogP contribution in [0, 0.1) is 0 Å². The number of benzene rings is 1. The van der Waals surface area contributed by atoms with Gasteiger partial charge in [-0.05, 0) is 68.4 Å². The number of aryl methyl sites for hydroxylation is 1. The summed E-state index contributed by atoms with van der Waals surface area (Å²) in [5.41, 5.74) is 2.81. The number of hydrogen-bond acceptors (Lipinski definition) is 3. The summed E-state index contributed by atoms with van der Waals surface area (Å²) in [5, 5.41) is 3.47. The number of rotatable bonds is 8. The third-order valence-corrected chi connectivity index (χ3v) is 4.53. The molecule has 23 heavy (non-hydrogen) atoms. The Bertz CT molecular complexity index is 451. The van der Waals surface area contributed by atoms with Gasteiger partial charge in [-0.3, -0.25) is 0 Å². The van der Waals surface area contributed by atoms with E-state index in [-0.39, 0.29) is 0 Å². The highest BCUT2D eigenvalue weighted by Crippen LogP contribution is 2.28. The van der Waals surface area contributed by atoms with Crippen molar-refractivity contribution in [2.45, 2.75) is 52.4 Å². The van der Waals surface area contributed by atoms with Crippen molar-refractivity contribution in [1.82, 2.24) is 10.2 Å². The average molecular weight is 319 g/mol. The SMILES string of the molecule is CCCOc1ccc(CCCN2CCCNCC2)cc1C(C)C. The summed E-state index contributed by atoms with van der Waals surface area (Å²) in [5.74, 6) is 1.59. The molecule has 1 aromatic carbocycles. The minimum Gasteiger partial charge on any atom is -0.493 e. The second-order valence-corrected chi connectivity index (χ2v) is 6.92. The van der Waals surface area contributed by atoms with Gasteiger partial charge in [-0.25, -0.2) is 0 Å². The normalized spacial score (nSPS) is 16.5. The molecule has 1 N–H and O–H groups in total. The summed E-state index contributed by atoms with van der Waals surface area (Å²) >= 11 is 0. The maximum Gasteiger partial charge on any atom is 0.122 e. The van der Waals surface area contributed by atoms with E-state index < -0.39 is 0 Å². The molecule has 1 heterocycles. The lowest BCUT2D eigenvalue weighted by molar-refractivity contribution is 0.289. The van der Waals surface area contributed by atoms with Crippen LogP contribution in [0.2, 0.25) is 0 Å². The van der Waals surface area contributed by atoms with E-state index in [4.69, 9.17) is 4.74 Å². The van der Waals surface area contributed by atoms with Gasteiger partial charge in [-0.1, -0.05) is 32.9 Å². The molecule has 0 bridgehead atoms. The average Bonchev–Trinajstić information content (AvgIpc) is 2.82. The molecule has 0 radical (unpaired) electrons. The Morgan fingerprint density at radius 2 is 2.09 bits per heavy atom. The zero-order chi connectivity index (χ0) is 16.5. The summed E-state index contributed by atoms with van der Waals surface area (Å²) in [6, 6.07) is 6.79. The molecule has 0 aromatic heterocycles. The van der Waals surface area contributed by atoms with Crippen LogP contribution in [0.4, 0.5) is 0 Å². The predicted molar refractivity (Wildman–Crippen MR) is 98.6 cm³/mol. The summed E-state index contributed by atoms with van der Waals surface area (Å²) in [6.45, 7) is 13.4. The molecule has 0 unspecified atom stereocenters. The Labute approximate surface area is 142 Å². The van der Waals surface area contributed by atoms with E-state index in [0.29, 0.717) is 5.92 Å². The monoisotopic (exact) mass is 318 g/mol. The molecule has 1 saturated heterocycles. The van der Waals surface area contributed by atoms with Crippen LogP contribution in [0.25, 0.3) is 0 Å². The summed E-state index contributed by atoms with van der Waals surface area (Å²) in [7, 11) is 0. The molecule has 130 valence electrons.